The van der Waals surface area contributed by atoms with E-state index in [2.05, 4.69) is 11.4 Å². The molecule has 0 aliphatic heterocycles. The summed E-state index contributed by atoms with van der Waals surface area (Å²) in [6, 6.07) is 5.25. The molecule has 0 aliphatic rings. The number of fused-ring (bicyclic) bond motifs is 1. The van der Waals surface area contributed by atoms with Crippen molar-refractivity contribution in [3.63, 3.8) is 0 Å². The number of halogens is 1. The van der Waals surface area contributed by atoms with Gasteiger partial charge in [0.15, 0.2) is 0 Å². The van der Waals surface area contributed by atoms with Crippen molar-refractivity contribution in [1.82, 2.24) is 4.98 Å². The van der Waals surface area contributed by atoms with Gasteiger partial charge in [-0.2, -0.15) is 0 Å². The van der Waals surface area contributed by atoms with Gasteiger partial charge in [-0.15, -0.1) is 0 Å². The number of hydrogen-bond donors (Lipinski definition) is 0. The molecule has 2 aromatic rings. The molecule has 0 amide bonds. The van der Waals surface area contributed by atoms with Gasteiger partial charge in [-0.3, -0.25) is 0 Å². The van der Waals surface area contributed by atoms with Gasteiger partial charge in [-0.25, -0.2) is 0 Å². The van der Waals surface area contributed by atoms with Crippen LogP contribution in [0.15, 0.2) is 22.6 Å². The molecule has 0 aliphatic carbocycles. The molecule has 1 aromatic carbocycles. The Labute approximate surface area is 93.8 Å². The van der Waals surface area contributed by atoms with E-state index in [0.717, 1.165) is 5.52 Å². The van der Waals surface area contributed by atoms with Crippen LogP contribution in [0.25, 0.3) is 11.1 Å². The first-order valence-electron chi connectivity index (χ1n) is 2.78. The van der Waals surface area contributed by atoms with E-state index in [-0.39, 0.29) is 32.7 Å². The third-order valence-corrected chi connectivity index (χ3v) is 1.48. The standard InChI is InChI=1S/C7H3ClNO.Y/c8-5-1-2-7-6(3-5)9-4-10-7;/h1-3H;/q-1;. The fourth-order valence-corrected chi connectivity index (χ4v) is 0.952. The monoisotopic (exact) mass is 241 g/mol. The Balaban J connectivity index is 0.000000605. The first kappa shape index (κ1) is 9.17. The van der Waals surface area contributed by atoms with E-state index in [1.54, 1.807) is 18.2 Å². The van der Waals surface area contributed by atoms with Gasteiger partial charge in [0.2, 0.25) is 0 Å². The van der Waals surface area contributed by atoms with E-state index in [1.165, 1.54) is 0 Å². The summed E-state index contributed by atoms with van der Waals surface area (Å²) in [5.74, 6) is 0. The Bertz CT molecular complexity index is 360. The second-order valence-electron chi connectivity index (χ2n) is 1.92. The molecular weight excluding hydrogens is 238 g/mol. The van der Waals surface area contributed by atoms with Crippen LogP contribution in [0, 0.1) is 6.39 Å². The summed E-state index contributed by atoms with van der Waals surface area (Å²) in [4.78, 5) is 3.80. The number of nitrogens with zero attached hydrogens (tertiary/aromatic N) is 1. The molecule has 0 atom stereocenters. The molecule has 0 bridgehead atoms. The third-order valence-electron chi connectivity index (χ3n) is 1.24. The molecule has 53 valence electrons. The molecule has 1 aromatic heterocycles. The second kappa shape index (κ2) is 3.66. The first-order chi connectivity index (χ1) is 4.86. The van der Waals surface area contributed by atoms with E-state index in [1.807, 2.05) is 0 Å². The number of benzene rings is 1. The van der Waals surface area contributed by atoms with Gasteiger partial charge in [-0.05, 0) is 11.1 Å². The van der Waals surface area contributed by atoms with Crippen molar-refractivity contribution in [3.8, 4) is 0 Å². The Kier molecular flexibility index (Phi) is 3.05. The van der Waals surface area contributed by atoms with Crippen molar-refractivity contribution < 1.29 is 37.1 Å². The van der Waals surface area contributed by atoms with Crippen molar-refractivity contribution in [2.75, 3.05) is 0 Å². The molecule has 4 heteroatoms. The zero-order valence-electron chi connectivity index (χ0n) is 5.54. The number of oxazole rings is 1. The second-order valence-corrected chi connectivity index (χ2v) is 2.35. The molecule has 1 radical (unpaired) electrons. The minimum Gasteiger partial charge on any atom is -0.573 e. The molecule has 0 unspecified atom stereocenters. The summed E-state index contributed by atoms with van der Waals surface area (Å²) in [6.07, 6.45) is 2.38. The van der Waals surface area contributed by atoms with Crippen molar-refractivity contribution >= 4 is 22.7 Å². The summed E-state index contributed by atoms with van der Waals surface area (Å²) in [5, 5.41) is 0.662. The van der Waals surface area contributed by atoms with Gasteiger partial charge in [-0.1, -0.05) is 29.8 Å². The summed E-state index contributed by atoms with van der Waals surface area (Å²) in [6.45, 7) is 0. The largest absolute Gasteiger partial charge is 0.573 e. The van der Waals surface area contributed by atoms with Crippen LogP contribution in [-0.2, 0) is 32.7 Å². The molecule has 2 rings (SSSR count). The minimum absolute atomic E-state index is 0. The minimum atomic E-state index is 0. The zero-order valence-corrected chi connectivity index (χ0v) is 9.14. The molecule has 1 heterocycles. The average Bonchev–Trinajstić information content (AvgIpc) is 2.33. The van der Waals surface area contributed by atoms with Crippen LogP contribution in [-0.4, -0.2) is 4.98 Å². The van der Waals surface area contributed by atoms with Gasteiger partial charge in [0.05, 0.1) is 0 Å². The maximum atomic E-state index is 5.68. The SMILES string of the molecule is Clc1ccc2o[c-]nc2c1.[Y]. The van der Waals surface area contributed by atoms with E-state index >= 15 is 0 Å². The molecule has 0 N–H and O–H groups in total. The van der Waals surface area contributed by atoms with Crippen LogP contribution in [0.1, 0.15) is 0 Å². The van der Waals surface area contributed by atoms with Gasteiger partial charge < -0.3 is 9.40 Å². The normalized spacial score (nSPS) is 9.55. The Hall–Kier alpha value is 0.0839. The summed E-state index contributed by atoms with van der Waals surface area (Å²) in [7, 11) is 0. The van der Waals surface area contributed by atoms with E-state index in [9.17, 15) is 0 Å². The Morgan fingerprint density at radius 1 is 1.45 bits per heavy atom. The van der Waals surface area contributed by atoms with Gasteiger partial charge in [0, 0.05) is 37.7 Å². The Morgan fingerprint density at radius 3 is 3.09 bits per heavy atom. The molecule has 2 nitrogen and oxygen atoms in total. The fraction of sp³-hybridized carbons (Fsp3) is 0. The number of hydrogen-bond acceptors (Lipinski definition) is 2. The predicted octanol–water partition coefficient (Wildman–Crippen LogP) is 2.28. The third kappa shape index (κ3) is 1.81. The summed E-state index contributed by atoms with van der Waals surface area (Å²) in [5.41, 5.74) is 1.46. The van der Waals surface area contributed by atoms with Crippen LogP contribution >= 0.6 is 11.6 Å². The fourth-order valence-electron chi connectivity index (χ4n) is 0.785. The molecule has 11 heavy (non-hydrogen) atoms. The topological polar surface area (TPSA) is 26.0 Å². The Morgan fingerprint density at radius 2 is 2.27 bits per heavy atom. The van der Waals surface area contributed by atoms with Crippen LogP contribution < -0.4 is 0 Å². The van der Waals surface area contributed by atoms with Gasteiger partial charge in [0.25, 0.3) is 0 Å². The smallest absolute Gasteiger partial charge is 0.103 e. The number of aromatic nitrogens is 1. The quantitative estimate of drug-likeness (QED) is 0.661. The zero-order chi connectivity index (χ0) is 6.97. The molecule has 0 saturated carbocycles. The van der Waals surface area contributed by atoms with Crippen molar-refractivity contribution in [2.45, 2.75) is 0 Å². The van der Waals surface area contributed by atoms with Gasteiger partial charge in [0.1, 0.15) is 6.39 Å². The molecule has 0 spiro atoms. The van der Waals surface area contributed by atoms with Crippen LogP contribution in [0.2, 0.25) is 5.02 Å². The summed E-state index contributed by atoms with van der Waals surface area (Å²) < 4.78 is 4.88. The van der Waals surface area contributed by atoms with E-state index in [4.69, 9.17) is 16.0 Å². The van der Waals surface area contributed by atoms with Crippen molar-refractivity contribution in [3.05, 3.63) is 29.6 Å². The van der Waals surface area contributed by atoms with Crippen LogP contribution in [0.3, 0.4) is 0 Å². The van der Waals surface area contributed by atoms with Crippen LogP contribution in [0.5, 0.6) is 0 Å². The van der Waals surface area contributed by atoms with Crippen molar-refractivity contribution in [2.24, 2.45) is 0 Å². The first-order valence-corrected chi connectivity index (χ1v) is 3.16. The van der Waals surface area contributed by atoms with Crippen molar-refractivity contribution in [1.29, 1.82) is 0 Å². The maximum Gasteiger partial charge on any atom is 0.103 e. The van der Waals surface area contributed by atoms with Crippen LogP contribution in [0.4, 0.5) is 0 Å². The summed E-state index contributed by atoms with van der Waals surface area (Å²) >= 11 is 5.68. The van der Waals surface area contributed by atoms with E-state index < -0.39 is 0 Å². The average molecular weight is 241 g/mol. The molecule has 0 fully saturated rings. The molecular formula is C7H3ClNOY-. The predicted molar refractivity (Wildman–Crippen MR) is 37.9 cm³/mol. The van der Waals surface area contributed by atoms with E-state index in [0.29, 0.717) is 10.6 Å². The van der Waals surface area contributed by atoms with Gasteiger partial charge >= 0.3 is 0 Å². The maximum absolute atomic E-state index is 5.68. The number of rotatable bonds is 0. The molecule has 0 saturated heterocycles.